The first-order chi connectivity index (χ1) is 12.4. The van der Waals surface area contributed by atoms with Crippen LogP contribution in [-0.2, 0) is 11.2 Å². The molecule has 26 heavy (non-hydrogen) atoms. The highest BCUT2D eigenvalue weighted by atomic mass is 16.2. The fourth-order valence-corrected chi connectivity index (χ4v) is 4.44. The summed E-state index contributed by atoms with van der Waals surface area (Å²) in [6.45, 7) is 9.77. The largest absolute Gasteiger partial charge is 0.361 e. The van der Waals surface area contributed by atoms with E-state index < -0.39 is 0 Å². The maximum atomic E-state index is 13.1. The highest BCUT2D eigenvalue weighted by Gasteiger charge is 2.41. The van der Waals surface area contributed by atoms with Crippen LogP contribution in [0.5, 0.6) is 0 Å². The molecule has 2 aromatic rings. The Kier molecular flexibility index (Phi) is 4.16. The molecule has 0 spiro atoms. The number of hydrogen-bond acceptors (Lipinski definition) is 3. The first kappa shape index (κ1) is 17.3. The smallest absolute Gasteiger partial charge is 0.245 e. The van der Waals surface area contributed by atoms with Crippen molar-refractivity contribution in [2.45, 2.75) is 45.7 Å². The Morgan fingerprint density at radius 1 is 1.42 bits per heavy atom. The molecule has 2 heterocycles. The molecule has 0 fully saturated rings. The number of amides is 1. The van der Waals surface area contributed by atoms with Crippen molar-refractivity contribution >= 4 is 22.4 Å². The maximum absolute atomic E-state index is 13.1. The van der Waals surface area contributed by atoms with Crippen LogP contribution >= 0.6 is 0 Å². The Hall–Kier alpha value is -2.11. The van der Waals surface area contributed by atoms with E-state index >= 15 is 0 Å². The van der Waals surface area contributed by atoms with E-state index in [0.717, 1.165) is 13.0 Å². The fraction of sp³-hybridized carbons (Fsp3) is 0.476. The van der Waals surface area contributed by atoms with Crippen LogP contribution in [0.3, 0.4) is 0 Å². The van der Waals surface area contributed by atoms with E-state index in [1.807, 2.05) is 20.8 Å². The number of aromatic amines is 1. The Morgan fingerprint density at radius 3 is 2.96 bits per heavy atom. The fourth-order valence-electron chi connectivity index (χ4n) is 4.44. The van der Waals surface area contributed by atoms with Crippen LogP contribution in [0.15, 0.2) is 30.5 Å². The van der Waals surface area contributed by atoms with E-state index in [2.05, 4.69) is 53.1 Å². The van der Waals surface area contributed by atoms with Crippen molar-refractivity contribution < 1.29 is 4.79 Å². The van der Waals surface area contributed by atoms with Crippen LogP contribution in [-0.4, -0.2) is 40.6 Å². The number of fused-ring (bicyclic) bond motifs is 2. The number of hydrazine groups is 1. The molecule has 1 aliphatic heterocycles. The SMILES string of the molecule is CCNN(C(=O)[C@@H]1C=C2c3cccc4[nH]cc(c34)C[C@@]2(C)NC1)C(C)C. The summed E-state index contributed by atoms with van der Waals surface area (Å²) in [5, 5.41) is 6.76. The molecule has 2 aliphatic rings. The summed E-state index contributed by atoms with van der Waals surface area (Å²) in [7, 11) is 0. The number of nitrogens with zero attached hydrogens (tertiary/aromatic N) is 1. The van der Waals surface area contributed by atoms with Gasteiger partial charge in [0.2, 0.25) is 5.91 Å². The van der Waals surface area contributed by atoms with Crippen LogP contribution in [0.2, 0.25) is 0 Å². The van der Waals surface area contributed by atoms with Gasteiger partial charge in [-0.1, -0.05) is 25.1 Å². The summed E-state index contributed by atoms with van der Waals surface area (Å²) >= 11 is 0. The summed E-state index contributed by atoms with van der Waals surface area (Å²) in [5.74, 6) is -0.0220. The van der Waals surface area contributed by atoms with Crippen LogP contribution in [0.1, 0.15) is 38.8 Å². The molecule has 5 heteroatoms. The van der Waals surface area contributed by atoms with Crippen molar-refractivity contribution in [1.29, 1.82) is 0 Å². The molecule has 1 aromatic heterocycles. The molecule has 1 aromatic carbocycles. The van der Waals surface area contributed by atoms with E-state index in [0.29, 0.717) is 6.54 Å². The van der Waals surface area contributed by atoms with Gasteiger partial charge >= 0.3 is 0 Å². The van der Waals surface area contributed by atoms with Gasteiger partial charge in [0.25, 0.3) is 0 Å². The van der Waals surface area contributed by atoms with Gasteiger partial charge in [-0.2, -0.15) is 0 Å². The average Bonchev–Trinajstić information content (AvgIpc) is 3.02. The van der Waals surface area contributed by atoms with Gasteiger partial charge in [0.05, 0.1) is 5.92 Å². The van der Waals surface area contributed by atoms with Crippen molar-refractivity contribution in [3.63, 3.8) is 0 Å². The lowest BCUT2D eigenvalue weighted by Gasteiger charge is -2.43. The summed E-state index contributed by atoms with van der Waals surface area (Å²) in [5.41, 5.74) is 8.11. The molecule has 0 saturated heterocycles. The third kappa shape index (κ3) is 2.58. The van der Waals surface area contributed by atoms with Crippen molar-refractivity contribution in [2.75, 3.05) is 13.1 Å². The lowest BCUT2D eigenvalue weighted by atomic mass is 9.72. The molecule has 5 nitrogen and oxygen atoms in total. The lowest BCUT2D eigenvalue weighted by Crippen LogP contribution is -2.56. The molecule has 1 amide bonds. The number of aromatic nitrogens is 1. The third-order valence-electron chi connectivity index (χ3n) is 5.70. The second kappa shape index (κ2) is 6.25. The Morgan fingerprint density at radius 2 is 2.23 bits per heavy atom. The number of nitrogens with one attached hydrogen (secondary N) is 3. The second-order valence-electron chi connectivity index (χ2n) is 7.93. The zero-order chi connectivity index (χ0) is 18.5. The van der Waals surface area contributed by atoms with Crippen molar-refractivity contribution in [1.82, 2.24) is 20.7 Å². The lowest BCUT2D eigenvalue weighted by molar-refractivity contribution is -0.139. The van der Waals surface area contributed by atoms with Crippen molar-refractivity contribution in [2.24, 2.45) is 5.92 Å². The molecular weight excluding hydrogens is 324 g/mol. The maximum Gasteiger partial charge on any atom is 0.245 e. The van der Waals surface area contributed by atoms with Gasteiger partial charge in [-0.05, 0) is 50.0 Å². The van der Waals surface area contributed by atoms with E-state index in [4.69, 9.17) is 0 Å². The summed E-state index contributed by atoms with van der Waals surface area (Å²) in [6.07, 6.45) is 5.27. The van der Waals surface area contributed by atoms with E-state index in [1.54, 1.807) is 5.01 Å². The number of carbonyl (C=O) groups excluding carboxylic acids is 1. The molecule has 1 aliphatic carbocycles. The number of carbonyl (C=O) groups is 1. The summed E-state index contributed by atoms with van der Waals surface area (Å²) in [4.78, 5) is 16.5. The van der Waals surface area contributed by atoms with E-state index in [-0.39, 0.29) is 23.4 Å². The molecule has 3 N–H and O–H groups in total. The Labute approximate surface area is 154 Å². The van der Waals surface area contributed by atoms with Gasteiger partial charge in [-0.25, -0.2) is 5.43 Å². The molecule has 0 unspecified atom stereocenters. The summed E-state index contributed by atoms with van der Waals surface area (Å²) in [6, 6.07) is 6.52. The first-order valence-corrected chi connectivity index (χ1v) is 9.58. The summed E-state index contributed by atoms with van der Waals surface area (Å²) < 4.78 is 0. The number of benzene rings is 1. The van der Waals surface area contributed by atoms with Crippen LogP contribution < -0.4 is 10.7 Å². The zero-order valence-corrected chi connectivity index (χ0v) is 16.0. The first-order valence-electron chi connectivity index (χ1n) is 9.58. The van der Waals surface area contributed by atoms with Crippen molar-refractivity contribution in [3.05, 3.63) is 41.6 Å². The van der Waals surface area contributed by atoms with E-state index in [1.165, 1.54) is 27.6 Å². The highest BCUT2D eigenvalue weighted by molar-refractivity contribution is 6.00. The van der Waals surface area contributed by atoms with Gasteiger partial charge in [0, 0.05) is 41.8 Å². The minimum absolute atomic E-state index is 0.124. The molecule has 2 atom stereocenters. The normalized spacial score (nSPS) is 24.5. The van der Waals surface area contributed by atoms with Gasteiger partial charge in [0.15, 0.2) is 0 Å². The Bertz CT molecular complexity index is 881. The average molecular weight is 352 g/mol. The van der Waals surface area contributed by atoms with Crippen LogP contribution in [0.25, 0.3) is 16.5 Å². The monoisotopic (exact) mass is 352 g/mol. The zero-order valence-electron chi connectivity index (χ0n) is 16.0. The highest BCUT2D eigenvalue weighted by Crippen LogP contribution is 2.43. The van der Waals surface area contributed by atoms with Crippen LogP contribution in [0, 0.1) is 5.92 Å². The molecule has 0 saturated carbocycles. The molecule has 4 rings (SSSR count). The Balaban J connectivity index is 1.76. The predicted octanol–water partition coefficient (Wildman–Crippen LogP) is 2.85. The number of H-pyrrole nitrogens is 1. The van der Waals surface area contributed by atoms with E-state index in [9.17, 15) is 4.79 Å². The molecular formula is C21H28N4O. The standard InChI is InChI=1S/C21H28N4O/c1-5-24-25(13(2)3)20(26)14-9-17-16-7-6-8-18-19(16)15(11-22-18)10-21(17,4)23-12-14/h6-9,11,13-14,22-24H,5,10,12H2,1-4H3/t14-,21-/m1/s1. The van der Waals surface area contributed by atoms with Gasteiger partial charge < -0.3 is 10.3 Å². The minimum Gasteiger partial charge on any atom is -0.361 e. The van der Waals surface area contributed by atoms with Crippen molar-refractivity contribution in [3.8, 4) is 0 Å². The van der Waals surface area contributed by atoms with Crippen LogP contribution in [0.4, 0.5) is 0 Å². The number of rotatable bonds is 4. The number of hydrogen-bond donors (Lipinski definition) is 3. The van der Waals surface area contributed by atoms with Gasteiger partial charge in [-0.3, -0.25) is 9.80 Å². The minimum atomic E-state index is -0.157. The quantitative estimate of drug-likeness (QED) is 0.742. The third-order valence-corrected chi connectivity index (χ3v) is 5.70. The topological polar surface area (TPSA) is 60.2 Å². The molecule has 0 radical (unpaired) electrons. The molecule has 0 bridgehead atoms. The van der Waals surface area contributed by atoms with Gasteiger partial charge in [-0.15, -0.1) is 0 Å². The molecule has 138 valence electrons. The van der Waals surface area contributed by atoms with Gasteiger partial charge in [0.1, 0.15) is 0 Å². The predicted molar refractivity (Wildman–Crippen MR) is 106 cm³/mol. The second-order valence-corrected chi connectivity index (χ2v) is 7.93.